The van der Waals surface area contributed by atoms with Gasteiger partial charge in [0.25, 0.3) is 0 Å². The molecule has 1 aromatic carbocycles. The van der Waals surface area contributed by atoms with E-state index in [0.29, 0.717) is 18.9 Å². The van der Waals surface area contributed by atoms with Crippen LogP contribution in [-0.4, -0.2) is 25.4 Å². The maximum Gasteiger partial charge on any atom is 0.228 e. The van der Waals surface area contributed by atoms with Crippen molar-refractivity contribution in [1.82, 2.24) is 0 Å². The average Bonchev–Trinajstić information content (AvgIpc) is 2.73. The first-order chi connectivity index (χ1) is 8.26. The summed E-state index contributed by atoms with van der Waals surface area (Å²) in [7, 11) is 1.67. The van der Waals surface area contributed by atoms with Crippen LogP contribution in [0.2, 0.25) is 0 Å². The summed E-state index contributed by atoms with van der Waals surface area (Å²) in [4.78, 5) is 13.7. The zero-order chi connectivity index (χ0) is 12.3. The van der Waals surface area contributed by atoms with Crippen LogP contribution in [0, 0.1) is 0 Å². The van der Waals surface area contributed by atoms with Gasteiger partial charge < -0.3 is 9.64 Å². The van der Waals surface area contributed by atoms with Crippen molar-refractivity contribution in [2.45, 2.75) is 19.4 Å². The van der Waals surface area contributed by atoms with Crippen LogP contribution >= 0.6 is 11.6 Å². The lowest BCUT2D eigenvalue weighted by atomic mass is 10.1. The molecule has 0 N–H and O–H groups in total. The van der Waals surface area contributed by atoms with Gasteiger partial charge in [0.15, 0.2) is 0 Å². The molecule has 92 valence electrons. The number of rotatable bonds is 4. The Morgan fingerprint density at radius 2 is 2.35 bits per heavy atom. The number of hydrogen-bond donors (Lipinski definition) is 0. The molecule has 17 heavy (non-hydrogen) atoms. The van der Waals surface area contributed by atoms with Crippen LogP contribution in [0.15, 0.2) is 18.2 Å². The molecule has 1 aromatic rings. The second-order valence-corrected chi connectivity index (χ2v) is 4.51. The Kier molecular flexibility index (Phi) is 4.02. The lowest BCUT2D eigenvalue weighted by Crippen LogP contribution is -2.28. The van der Waals surface area contributed by atoms with Crippen LogP contribution in [0.1, 0.15) is 17.5 Å². The first-order valence-electron chi connectivity index (χ1n) is 5.73. The largest absolute Gasteiger partial charge is 0.380 e. The molecule has 4 heteroatoms. The van der Waals surface area contributed by atoms with E-state index in [1.54, 1.807) is 7.11 Å². The standard InChI is InChI=1S/C13H16ClNO2/c1-17-9-10-2-3-11-5-7-15(12(11)8-10)13(16)4-6-14/h2-3,8H,4-7,9H2,1H3. The Morgan fingerprint density at radius 3 is 3.06 bits per heavy atom. The number of fused-ring (bicyclic) bond motifs is 1. The molecule has 0 aromatic heterocycles. The molecule has 0 atom stereocenters. The Morgan fingerprint density at radius 1 is 1.53 bits per heavy atom. The van der Waals surface area contributed by atoms with Crippen LogP contribution in [0.3, 0.4) is 0 Å². The van der Waals surface area contributed by atoms with E-state index in [9.17, 15) is 4.79 Å². The van der Waals surface area contributed by atoms with Gasteiger partial charge in [0.1, 0.15) is 0 Å². The number of anilines is 1. The van der Waals surface area contributed by atoms with Crippen molar-refractivity contribution in [3.63, 3.8) is 0 Å². The smallest absolute Gasteiger partial charge is 0.228 e. The number of nitrogens with zero attached hydrogens (tertiary/aromatic N) is 1. The number of benzene rings is 1. The summed E-state index contributed by atoms with van der Waals surface area (Å²) in [5.41, 5.74) is 3.35. The molecule has 0 aliphatic carbocycles. The van der Waals surface area contributed by atoms with Gasteiger partial charge >= 0.3 is 0 Å². The molecule has 1 amide bonds. The van der Waals surface area contributed by atoms with Crippen molar-refractivity contribution in [1.29, 1.82) is 0 Å². The molecule has 0 fully saturated rings. The second kappa shape index (κ2) is 5.52. The minimum Gasteiger partial charge on any atom is -0.380 e. The monoisotopic (exact) mass is 253 g/mol. The second-order valence-electron chi connectivity index (χ2n) is 4.13. The van der Waals surface area contributed by atoms with Crippen molar-refractivity contribution in [3.05, 3.63) is 29.3 Å². The predicted molar refractivity (Wildman–Crippen MR) is 68.5 cm³/mol. The normalized spacial score (nSPS) is 13.9. The van der Waals surface area contributed by atoms with Crippen LogP contribution in [0.25, 0.3) is 0 Å². The maximum absolute atomic E-state index is 11.9. The molecular formula is C13H16ClNO2. The fraction of sp³-hybridized carbons (Fsp3) is 0.462. The molecule has 0 saturated carbocycles. The molecule has 0 bridgehead atoms. The van der Waals surface area contributed by atoms with Crippen molar-refractivity contribution in [2.75, 3.05) is 24.4 Å². The molecule has 0 spiro atoms. The van der Waals surface area contributed by atoms with Crippen LogP contribution < -0.4 is 4.90 Å². The lowest BCUT2D eigenvalue weighted by Gasteiger charge is -2.17. The van der Waals surface area contributed by atoms with Gasteiger partial charge in [-0.2, -0.15) is 0 Å². The van der Waals surface area contributed by atoms with Crippen LogP contribution in [0.5, 0.6) is 0 Å². The Labute approximate surface area is 106 Å². The quantitative estimate of drug-likeness (QED) is 0.771. The zero-order valence-corrected chi connectivity index (χ0v) is 10.7. The van der Waals surface area contributed by atoms with Gasteiger partial charge in [-0.15, -0.1) is 11.6 Å². The molecule has 2 rings (SSSR count). The number of carbonyl (C=O) groups excluding carboxylic acids is 1. The van der Waals surface area contributed by atoms with Gasteiger partial charge in [0.2, 0.25) is 5.91 Å². The maximum atomic E-state index is 11.9. The van der Waals surface area contributed by atoms with Crippen LogP contribution in [-0.2, 0) is 22.6 Å². The molecule has 1 heterocycles. The summed E-state index contributed by atoms with van der Waals surface area (Å²) in [6.07, 6.45) is 1.33. The zero-order valence-electron chi connectivity index (χ0n) is 9.91. The number of halogens is 1. The van der Waals surface area contributed by atoms with Gasteiger partial charge in [-0.3, -0.25) is 4.79 Å². The average molecular weight is 254 g/mol. The molecule has 0 radical (unpaired) electrons. The molecule has 1 aliphatic rings. The van der Waals surface area contributed by atoms with Gasteiger partial charge in [0, 0.05) is 31.6 Å². The minimum absolute atomic E-state index is 0.105. The highest BCUT2D eigenvalue weighted by Crippen LogP contribution is 2.29. The van der Waals surface area contributed by atoms with E-state index in [4.69, 9.17) is 16.3 Å². The Balaban J connectivity index is 2.22. The van der Waals surface area contributed by atoms with Gasteiger partial charge in [0.05, 0.1) is 6.61 Å². The van der Waals surface area contributed by atoms with Gasteiger partial charge in [-0.25, -0.2) is 0 Å². The summed E-state index contributed by atoms with van der Waals surface area (Å²) in [5, 5.41) is 0. The van der Waals surface area contributed by atoms with Gasteiger partial charge in [-0.05, 0) is 23.6 Å². The molecule has 1 aliphatic heterocycles. The molecular weight excluding hydrogens is 238 g/mol. The van der Waals surface area contributed by atoms with E-state index in [0.717, 1.165) is 24.2 Å². The summed E-state index contributed by atoms with van der Waals surface area (Å²) in [5.74, 6) is 0.482. The number of amides is 1. The highest BCUT2D eigenvalue weighted by Gasteiger charge is 2.24. The first kappa shape index (κ1) is 12.4. The fourth-order valence-corrected chi connectivity index (χ4v) is 2.32. The topological polar surface area (TPSA) is 29.5 Å². The van der Waals surface area contributed by atoms with Crippen molar-refractivity contribution < 1.29 is 9.53 Å². The summed E-state index contributed by atoms with van der Waals surface area (Å²) >= 11 is 5.62. The number of ether oxygens (including phenoxy) is 1. The summed E-state index contributed by atoms with van der Waals surface area (Å²) < 4.78 is 5.11. The van der Waals surface area contributed by atoms with E-state index in [-0.39, 0.29) is 5.91 Å². The summed E-state index contributed by atoms with van der Waals surface area (Å²) in [6.45, 7) is 1.34. The number of alkyl halides is 1. The number of carbonyl (C=O) groups is 1. The number of methoxy groups -OCH3 is 1. The van der Waals surface area contributed by atoms with E-state index < -0.39 is 0 Å². The summed E-state index contributed by atoms with van der Waals surface area (Å²) in [6, 6.07) is 6.17. The highest BCUT2D eigenvalue weighted by atomic mass is 35.5. The van der Waals surface area contributed by atoms with Gasteiger partial charge in [-0.1, -0.05) is 12.1 Å². The SMILES string of the molecule is COCc1ccc2c(c1)N(C(=O)CCCl)CC2. The van der Waals surface area contributed by atoms with E-state index >= 15 is 0 Å². The Bertz CT molecular complexity index is 420. The third-order valence-corrected chi connectivity index (χ3v) is 3.15. The molecule has 3 nitrogen and oxygen atoms in total. The minimum atomic E-state index is 0.105. The van der Waals surface area contributed by atoms with E-state index in [1.807, 2.05) is 11.0 Å². The third-order valence-electron chi connectivity index (χ3n) is 2.97. The van der Waals surface area contributed by atoms with Crippen molar-refractivity contribution in [3.8, 4) is 0 Å². The predicted octanol–water partition coefficient (Wildman–Crippen LogP) is 2.35. The van der Waals surface area contributed by atoms with E-state index in [2.05, 4.69) is 12.1 Å². The molecule has 0 saturated heterocycles. The fourth-order valence-electron chi connectivity index (χ4n) is 2.16. The van der Waals surface area contributed by atoms with Crippen molar-refractivity contribution in [2.24, 2.45) is 0 Å². The number of hydrogen-bond acceptors (Lipinski definition) is 2. The van der Waals surface area contributed by atoms with Crippen molar-refractivity contribution >= 4 is 23.2 Å². The van der Waals surface area contributed by atoms with Crippen LogP contribution in [0.4, 0.5) is 5.69 Å². The Hall–Kier alpha value is -1.06. The highest BCUT2D eigenvalue weighted by molar-refractivity contribution is 6.19. The first-order valence-corrected chi connectivity index (χ1v) is 6.26. The lowest BCUT2D eigenvalue weighted by molar-refractivity contribution is -0.118. The van der Waals surface area contributed by atoms with E-state index in [1.165, 1.54) is 5.56 Å². The molecule has 0 unspecified atom stereocenters. The third kappa shape index (κ3) is 2.61.